The Hall–Kier alpha value is -1.67. The second-order valence-corrected chi connectivity index (χ2v) is 9.18. The third-order valence-corrected chi connectivity index (χ3v) is 7.28. The molecule has 2 aromatic heterocycles. The van der Waals surface area contributed by atoms with E-state index in [4.69, 9.17) is 4.74 Å². The number of aryl methyl sites for hydroxylation is 1. The molecule has 0 radical (unpaired) electrons. The molecule has 27 heavy (non-hydrogen) atoms. The first kappa shape index (κ1) is 21.6. The third kappa shape index (κ3) is 4.99. The van der Waals surface area contributed by atoms with Crippen LogP contribution < -0.4 is 9.04 Å². The summed E-state index contributed by atoms with van der Waals surface area (Å²) in [6.45, 7) is 8.37. The zero-order valence-electron chi connectivity index (χ0n) is 16.5. The zero-order chi connectivity index (χ0) is 19.9. The highest BCUT2D eigenvalue weighted by Crippen LogP contribution is 2.45. The fourth-order valence-corrected chi connectivity index (χ4v) is 5.90. The summed E-state index contributed by atoms with van der Waals surface area (Å²) in [6.07, 6.45) is 7.70. The molecule has 6 nitrogen and oxygen atoms in total. The molecule has 0 saturated carbocycles. The van der Waals surface area contributed by atoms with E-state index in [1.165, 1.54) is 6.33 Å². The van der Waals surface area contributed by atoms with Gasteiger partial charge in [-0.1, -0.05) is 27.2 Å². The maximum atomic E-state index is 13.4. The molecule has 0 fully saturated rings. The Labute approximate surface area is 166 Å². The van der Waals surface area contributed by atoms with E-state index >= 15 is 0 Å². The first-order chi connectivity index (χ1) is 13.0. The number of aromatic nitrogens is 2. The lowest BCUT2D eigenvalue weighted by Crippen LogP contribution is -2.37. The molecule has 0 aliphatic carbocycles. The topological polar surface area (TPSA) is 72.4 Å². The van der Waals surface area contributed by atoms with Gasteiger partial charge in [-0.3, -0.25) is 4.31 Å². The molecule has 2 heterocycles. The molecule has 0 spiro atoms. The third-order valence-electron chi connectivity index (χ3n) is 4.22. The first-order valence-corrected chi connectivity index (χ1v) is 12.0. The zero-order valence-corrected chi connectivity index (χ0v) is 18.1. The van der Waals surface area contributed by atoms with Gasteiger partial charge in [0.1, 0.15) is 12.0 Å². The van der Waals surface area contributed by atoms with Crippen LogP contribution in [0.5, 0.6) is 5.75 Å². The molecular formula is C19H29N3O3S2. The maximum Gasteiger partial charge on any atom is 0.235 e. The van der Waals surface area contributed by atoms with Crippen LogP contribution in [0.1, 0.15) is 63.4 Å². The molecule has 1 unspecified atom stereocenters. The lowest BCUT2D eigenvalue weighted by molar-refractivity contribution is 0.341. The van der Waals surface area contributed by atoms with Gasteiger partial charge in [-0.15, -0.1) is 11.3 Å². The van der Waals surface area contributed by atoms with Gasteiger partial charge < -0.3 is 4.74 Å². The minimum atomic E-state index is -3.53. The van der Waals surface area contributed by atoms with Crippen molar-refractivity contribution in [3.05, 3.63) is 34.5 Å². The lowest BCUT2D eigenvalue weighted by atomic mass is 10.0. The number of anilines is 1. The molecule has 0 aliphatic heterocycles. The summed E-state index contributed by atoms with van der Waals surface area (Å²) in [7, 11) is -3.53. The molecule has 0 bridgehead atoms. The van der Waals surface area contributed by atoms with Gasteiger partial charge in [0.05, 0.1) is 18.4 Å². The maximum absolute atomic E-state index is 13.4. The first-order valence-electron chi connectivity index (χ1n) is 9.50. The van der Waals surface area contributed by atoms with Crippen molar-refractivity contribution < 1.29 is 13.2 Å². The number of sulfonamides is 1. The van der Waals surface area contributed by atoms with Gasteiger partial charge in [-0.2, -0.15) is 0 Å². The SMILES string of the molecule is CCCC(c1cncnc1)N(c1c(OCC)csc1CC)S(=O)(=O)CCC. The number of ether oxygens (including phenoxy) is 1. The average molecular weight is 412 g/mol. The molecule has 150 valence electrons. The van der Waals surface area contributed by atoms with E-state index < -0.39 is 10.0 Å². The highest BCUT2D eigenvalue weighted by atomic mass is 32.2. The van der Waals surface area contributed by atoms with Crippen molar-refractivity contribution in [3.8, 4) is 5.75 Å². The Morgan fingerprint density at radius 3 is 2.41 bits per heavy atom. The smallest absolute Gasteiger partial charge is 0.235 e. The van der Waals surface area contributed by atoms with Crippen LogP contribution in [0, 0.1) is 0 Å². The van der Waals surface area contributed by atoms with Crippen LogP contribution in [0.3, 0.4) is 0 Å². The highest BCUT2D eigenvalue weighted by molar-refractivity contribution is 7.92. The summed E-state index contributed by atoms with van der Waals surface area (Å²) in [5.41, 5.74) is 1.48. The van der Waals surface area contributed by atoms with E-state index in [9.17, 15) is 8.42 Å². The molecule has 0 saturated heterocycles. The van der Waals surface area contributed by atoms with Crippen molar-refractivity contribution in [1.82, 2.24) is 9.97 Å². The average Bonchev–Trinajstić information content (AvgIpc) is 3.04. The second-order valence-electron chi connectivity index (χ2n) is 6.25. The van der Waals surface area contributed by atoms with Gasteiger partial charge in [-0.25, -0.2) is 18.4 Å². The molecule has 0 aromatic carbocycles. The summed E-state index contributed by atoms with van der Waals surface area (Å²) < 4.78 is 34.1. The van der Waals surface area contributed by atoms with Crippen molar-refractivity contribution >= 4 is 27.0 Å². The van der Waals surface area contributed by atoms with Gasteiger partial charge in [0.2, 0.25) is 10.0 Å². The van der Waals surface area contributed by atoms with Crippen molar-refractivity contribution in [2.75, 3.05) is 16.7 Å². The molecule has 0 amide bonds. The van der Waals surface area contributed by atoms with Crippen LogP contribution in [0.25, 0.3) is 0 Å². The normalized spacial score (nSPS) is 12.7. The van der Waals surface area contributed by atoms with Gasteiger partial charge in [-0.05, 0) is 26.2 Å². The summed E-state index contributed by atoms with van der Waals surface area (Å²) >= 11 is 1.55. The monoisotopic (exact) mass is 411 g/mol. The second kappa shape index (κ2) is 10.0. The van der Waals surface area contributed by atoms with E-state index in [0.717, 1.165) is 23.3 Å². The molecule has 8 heteroatoms. The van der Waals surface area contributed by atoms with Gasteiger partial charge in [0, 0.05) is 28.2 Å². The van der Waals surface area contributed by atoms with Gasteiger partial charge >= 0.3 is 0 Å². The Morgan fingerprint density at radius 2 is 1.85 bits per heavy atom. The molecule has 2 aromatic rings. The largest absolute Gasteiger partial charge is 0.491 e. The van der Waals surface area contributed by atoms with Crippen LogP contribution >= 0.6 is 11.3 Å². The predicted octanol–water partition coefficient (Wildman–Crippen LogP) is 4.59. The van der Waals surface area contributed by atoms with Crippen LogP contribution in [0.2, 0.25) is 0 Å². The summed E-state index contributed by atoms with van der Waals surface area (Å²) in [5, 5.41) is 1.91. The van der Waals surface area contributed by atoms with E-state index in [0.29, 0.717) is 30.9 Å². The molecule has 1 atom stereocenters. The van der Waals surface area contributed by atoms with Crippen molar-refractivity contribution in [1.29, 1.82) is 0 Å². The van der Waals surface area contributed by atoms with Gasteiger partial charge in [0.25, 0.3) is 0 Å². The Balaban J connectivity index is 2.70. The standard InChI is InChI=1S/C19H29N3O3S2/c1-5-9-16(15-11-20-14-21-12-15)22(27(23,24)10-6-2)19-17(25-8-4)13-26-18(19)7-3/h11-14,16H,5-10H2,1-4H3. The summed E-state index contributed by atoms with van der Waals surface area (Å²) in [4.78, 5) is 9.25. The lowest BCUT2D eigenvalue weighted by Gasteiger charge is -2.33. The van der Waals surface area contributed by atoms with Crippen LogP contribution in [0.4, 0.5) is 5.69 Å². The van der Waals surface area contributed by atoms with Crippen molar-refractivity contribution in [2.24, 2.45) is 0 Å². The number of thiophene rings is 1. The van der Waals surface area contributed by atoms with Crippen LogP contribution in [-0.2, 0) is 16.4 Å². The van der Waals surface area contributed by atoms with E-state index in [1.54, 1.807) is 28.0 Å². The van der Waals surface area contributed by atoms with E-state index in [2.05, 4.69) is 16.9 Å². The predicted molar refractivity (Wildman–Crippen MR) is 111 cm³/mol. The Morgan fingerprint density at radius 1 is 1.15 bits per heavy atom. The Bertz CT molecular complexity index is 807. The summed E-state index contributed by atoms with van der Waals surface area (Å²) in [6, 6.07) is -0.355. The van der Waals surface area contributed by atoms with E-state index in [1.807, 2.05) is 26.2 Å². The minimum absolute atomic E-state index is 0.0888. The van der Waals surface area contributed by atoms with E-state index in [-0.39, 0.29) is 11.8 Å². The molecular weight excluding hydrogens is 382 g/mol. The fraction of sp³-hybridized carbons (Fsp3) is 0.579. The van der Waals surface area contributed by atoms with Crippen LogP contribution in [-0.4, -0.2) is 30.7 Å². The van der Waals surface area contributed by atoms with Crippen molar-refractivity contribution in [3.63, 3.8) is 0 Å². The quantitative estimate of drug-likeness (QED) is 0.541. The number of hydrogen-bond acceptors (Lipinski definition) is 6. The van der Waals surface area contributed by atoms with Gasteiger partial charge in [0.15, 0.2) is 5.75 Å². The summed E-state index contributed by atoms with van der Waals surface area (Å²) in [5.74, 6) is 0.725. The van der Waals surface area contributed by atoms with Crippen LogP contribution in [0.15, 0.2) is 24.1 Å². The molecule has 0 N–H and O–H groups in total. The fourth-order valence-electron chi connectivity index (χ4n) is 3.13. The number of rotatable bonds is 11. The Kier molecular flexibility index (Phi) is 8.04. The highest BCUT2D eigenvalue weighted by Gasteiger charge is 2.35. The molecule has 0 aliphatic rings. The molecule has 2 rings (SSSR count). The number of hydrogen-bond donors (Lipinski definition) is 0. The minimum Gasteiger partial charge on any atom is -0.491 e. The van der Waals surface area contributed by atoms with Crippen molar-refractivity contribution in [2.45, 2.75) is 59.4 Å². The number of nitrogens with zero attached hydrogens (tertiary/aromatic N) is 3.